The van der Waals surface area contributed by atoms with E-state index in [-0.39, 0.29) is 43.8 Å². The number of amides is 1. The zero-order valence-corrected chi connectivity index (χ0v) is 27.0. The zero-order chi connectivity index (χ0) is 34.6. The molecule has 0 aliphatic carbocycles. The van der Waals surface area contributed by atoms with Crippen LogP contribution in [0.3, 0.4) is 0 Å². The predicted octanol–water partition coefficient (Wildman–Crippen LogP) is 4.51. The molecular formula is C28H34F6N8O4Si. The maximum Gasteiger partial charge on any atom is 0.423 e. The summed E-state index contributed by atoms with van der Waals surface area (Å²) >= 11 is 0. The van der Waals surface area contributed by atoms with E-state index in [4.69, 9.17) is 9.47 Å². The van der Waals surface area contributed by atoms with Crippen molar-refractivity contribution < 1.29 is 40.6 Å². The van der Waals surface area contributed by atoms with Crippen LogP contribution in [-0.4, -0.2) is 77.6 Å². The lowest BCUT2D eigenvalue weighted by atomic mass is 10.2. The van der Waals surface area contributed by atoms with E-state index < -0.39 is 61.5 Å². The summed E-state index contributed by atoms with van der Waals surface area (Å²) in [4.78, 5) is 40.0. The van der Waals surface area contributed by atoms with Gasteiger partial charge in [-0.1, -0.05) is 19.6 Å². The van der Waals surface area contributed by atoms with Crippen LogP contribution in [-0.2, 0) is 28.6 Å². The highest BCUT2D eigenvalue weighted by molar-refractivity contribution is 6.76. The minimum absolute atomic E-state index is 0.0236. The Bertz CT molecular complexity index is 1600. The standard InChI is InChI=1S/C28H34F6N8O4Si/c1-18(39-21-14-38-42(17-45-9-10-47(2,3)4)25(44)24(21)28(32,33)34)16-46-20-5-6-35-22(11-20)41-8-7-40(15-23(41)43)26-36-12-19(13-37-26)27(29,30)31/h5-6,11-14,18,39H,7-10,15-17H2,1-4H3. The van der Waals surface area contributed by atoms with Crippen LogP contribution in [0.2, 0.25) is 25.7 Å². The Morgan fingerprint density at radius 2 is 1.70 bits per heavy atom. The monoisotopic (exact) mass is 688 g/mol. The summed E-state index contributed by atoms with van der Waals surface area (Å²) in [6, 6.07) is 3.03. The van der Waals surface area contributed by atoms with E-state index in [9.17, 15) is 35.9 Å². The van der Waals surface area contributed by atoms with Gasteiger partial charge in [-0.25, -0.2) is 19.6 Å². The largest absolute Gasteiger partial charge is 0.491 e. The molecular weight excluding hydrogens is 654 g/mol. The van der Waals surface area contributed by atoms with Gasteiger partial charge in [-0.3, -0.25) is 14.5 Å². The fourth-order valence-corrected chi connectivity index (χ4v) is 5.13. The number of piperazine rings is 1. The number of ether oxygens (including phenoxy) is 2. The minimum atomic E-state index is -4.96. The van der Waals surface area contributed by atoms with Crippen LogP contribution in [0.15, 0.2) is 41.7 Å². The summed E-state index contributed by atoms with van der Waals surface area (Å²) < 4.78 is 92.0. The van der Waals surface area contributed by atoms with Gasteiger partial charge in [0.2, 0.25) is 11.9 Å². The van der Waals surface area contributed by atoms with Crippen molar-refractivity contribution in [2.75, 3.05) is 48.0 Å². The molecule has 0 bridgehead atoms. The summed E-state index contributed by atoms with van der Waals surface area (Å²) in [6.45, 7) is 7.82. The molecule has 0 saturated carbocycles. The van der Waals surface area contributed by atoms with Gasteiger partial charge in [0.1, 0.15) is 37.0 Å². The number of hydrogen-bond acceptors (Lipinski definition) is 10. The third-order valence-corrected chi connectivity index (χ3v) is 8.61. The van der Waals surface area contributed by atoms with Gasteiger partial charge >= 0.3 is 12.4 Å². The van der Waals surface area contributed by atoms with E-state index in [0.29, 0.717) is 23.7 Å². The van der Waals surface area contributed by atoms with Gasteiger partial charge in [0.25, 0.3) is 5.56 Å². The first kappa shape index (κ1) is 35.6. The smallest absolute Gasteiger partial charge is 0.423 e. The topological polar surface area (TPSA) is 128 Å². The van der Waals surface area contributed by atoms with Crippen LogP contribution in [0.25, 0.3) is 0 Å². The number of rotatable bonds is 12. The Morgan fingerprint density at radius 3 is 2.32 bits per heavy atom. The number of halogens is 6. The van der Waals surface area contributed by atoms with Gasteiger partial charge in [0.05, 0.1) is 23.5 Å². The first-order chi connectivity index (χ1) is 21.9. The number of carbonyl (C=O) groups is 1. The van der Waals surface area contributed by atoms with E-state index in [1.54, 1.807) is 6.92 Å². The molecule has 1 N–H and O–H groups in total. The van der Waals surface area contributed by atoms with E-state index in [1.165, 1.54) is 28.1 Å². The Kier molecular flexibility index (Phi) is 10.8. The number of pyridine rings is 1. The maximum absolute atomic E-state index is 13.9. The molecule has 1 fully saturated rings. The molecule has 1 atom stereocenters. The Hall–Kier alpha value is -4.26. The molecule has 0 radical (unpaired) electrons. The van der Waals surface area contributed by atoms with Crippen LogP contribution in [0.4, 0.5) is 43.8 Å². The molecule has 0 spiro atoms. The maximum atomic E-state index is 13.9. The molecule has 47 heavy (non-hydrogen) atoms. The lowest BCUT2D eigenvalue weighted by Crippen LogP contribution is -2.51. The minimum Gasteiger partial charge on any atom is -0.491 e. The molecule has 3 aromatic heterocycles. The molecule has 1 unspecified atom stereocenters. The first-order valence-corrected chi connectivity index (χ1v) is 18.2. The number of nitrogens with one attached hydrogen (secondary N) is 1. The first-order valence-electron chi connectivity index (χ1n) is 14.5. The summed E-state index contributed by atoms with van der Waals surface area (Å²) in [5, 5.41) is 6.50. The second kappa shape index (κ2) is 14.2. The third-order valence-electron chi connectivity index (χ3n) is 6.90. The van der Waals surface area contributed by atoms with E-state index >= 15 is 0 Å². The molecule has 4 rings (SSSR count). The van der Waals surface area contributed by atoms with Crippen molar-refractivity contribution in [2.24, 2.45) is 0 Å². The normalized spacial score (nSPS) is 15.1. The van der Waals surface area contributed by atoms with E-state index in [0.717, 1.165) is 12.2 Å². The Labute approximate surface area is 266 Å². The number of alkyl halides is 6. The highest BCUT2D eigenvalue weighted by Crippen LogP contribution is 2.32. The lowest BCUT2D eigenvalue weighted by molar-refractivity contribution is -0.139. The van der Waals surface area contributed by atoms with Crippen molar-refractivity contribution in [2.45, 2.75) is 57.7 Å². The van der Waals surface area contributed by atoms with E-state index in [1.807, 2.05) is 0 Å². The molecule has 19 heteroatoms. The molecule has 1 amide bonds. The van der Waals surface area contributed by atoms with Crippen molar-refractivity contribution in [1.29, 1.82) is 0 Å². The van der Waals surface area contributed by atoms with Crippen molar-refractivity contribution in [3.63, 3.8) is 0 Å². The average molecular weight is 689 g/mol. The number of aromatic nitrogens is 5. The molecule has 4 heterocycles. The Balaban J connectivity index is 1.36. The number of nitrogens with zero attached hydrogens (tertiary/aromatic N) is 7. The van der Waals surface area contributed by atoms with Crippen LogP contribution in [0.1, 0.15) is 18.1 Å². The van der Waals surface area contributed by atoms with Gasteiger partial charge in [-0.15, -0.1) is 0 Å². The second-order valence-electron chi connectivity index (χ2n) is 12.0. The fraction of sp³-hybridized carbons (Fsp3) is 0.500. The van der Waals surface area contributed by atoms with Crippen molar-refractivity contribution in [3.05, 3.63) is 58.4 Å². The zero-order valence-electron chi connectivity index (χ0n) is 26.0. The molecule has 256 valence electrons. The van der Waals surface area contributed by atoms with Gasteiger partial charge < -0.3 is 19.7 Å². The van der Waals surface area contributed by atoms with E-state index in [2.05, 4.69) is 45.0 Å². The van der Waals surface area contributed by atoms with Crippen molar-refractivity contribution in [1.82, 2.24) is 24.7 Å². The van der Waals surface area contributed by atoms with Crippen LogP contribution in [0.5, 0.6) is 5.75 Å². The van der Waals surface area contributed by atoms with Gasteiger partial charge in [0.15, 0.2) is 0 Å². The van der Waals surface area contributed by atoms with Crippen LogP contribution < -0.4 is 25.4 Å². The quantitative estimate of drug-likeness (QED) is 0.165. The van der Waals surface area contributed by atoms with Crippen molar-refractivity contribution in [3.8, 4) is 5.75 Å². The van der Waals surface area contributed by atoms with Gasteiger partial charge in [-0.05, 0) is 19.0 Å². The molecule has 1 aliphatic rings. The highest BCUT2D eigenvalue weighted by Gasteiger charge is 2.39. The molecule has 1 aliphatic heterocycles. The van der Waals surface area contributed by atoms with Crippen molar-refractivity contribution >= 4 is 31.4 Å². The molecule has 3 aromatic rings. The Morgan fingerprint density at radius 1 is 1.00 bits per heavy atom. The van der Waals surface area contributed by atoms with Gasteiger partial charge in [-0.2, -0.15) is 31.4 Å². The molecule has 1 saturated heterocycles. The van der Waals surface area contributed by atoms with Crippen LogP contribution >= 0.6 is 0 Å². The summed E-state index contributed by atoms with van der Waals surface area (Å²) in [5.74, 6) is 0.0673. The second-order valence-corrected chi connectivity index (χ2v) is 17.6. The molecule has 0 aromatic carbocycles. The highest BCUT2D eigenvalue weighted by atomic mass is 28.3. The summed E-state index contributed by atoms with van der Waals surface area (Å²) in [5.41, 5.74) is -4.25. The lowest BCUT2D eigenvalue weighted by Gasteiger charge is -2.33. The number of hydrogen-bond donors (Lipinski definition) is 1. The third kappa shape index (κ3) is 9.63. The summed E-state index contributed by atoms with van der Waals surface area (Å²) in [7, 11) is -1.43. The predicted molar refractivity (Wildman–Crippen MR) is 162 cm³/mol. The fourth-order valence-electron chi connectivity index (χ4n) is 4.38. The van der Waals surface area contributed by atoms with Crippen LogP contribution in [0, 0.1) is 0 Å². The molecule has 12 nitrogen and oxygen atoms in total. The number of anilines is 3. The van der Waals surface area contributed by atoms with Gasteiger partial charge in [0, 0.05) is 52.4 Å². The SMILES string of the molecule is CC(COc1ccnc(N2CCN(c3ncc(C(F)(F)F)cn3)CC2=O)c1)Nc1cnn(COCC[Si](C)(C)C)c(=O)c1C(F)(F)F. The average Bonchev–Trinajstić information content (AvgIpc) is 2.98. The number of carbonyl (C=O) groups excluding carboxylic acids is 1. The summed E-state index contributed by atoms with van der Waals surface area (Å²) in [6.07, 6.45) is -5.93.